The van der Waals surface area contributed by atoms with Gasteiger partial charge in [-0.15, -0.1) is 0 Å². The molecule has 0 radical (unpaired) electrons. The highest BCUT2D eigenvalue weighted by atomic mass is 15.2. The van der Waals surface area contributed by atoms with E-state index in [9.17, 15) is 0 Å². The van der Waals surface area contributed by atoms with E-state index in [1.165, 1.54) is 0 Å². The Hall–Kier alpha value is -1.38. The Bertz CT molecular complexity index is 531. The van der Waals surface area contributed by atoms with Crippen LogP contribution < -0.4 is 0 Å². The molecule has 0 saturated heterocycles. The van der Waals surface area contributed by atoms with Crippen molar-refractivity contribution in [3.63, 3.8) is 0 Å². The molecule has 8 saturated carbocycles. The van der Waals surface area contributed by atoms with Crippen molar-refractivity contribution in [2.75, 3.05) is 0 Å². The molecule has 0 amide bonds. The quantitative estimate of drug-likeness (QED) is 0.417. The van der Waals surface area contributed by atoms with E-state index in [-0.39, 0.29) is 0 Å². The van der Waals surface area contributed by atoms with Crippen LogP contribution in [0.5, 0.6) is 0 Å². The second-order valence-corrected chi connectivity index (χ2v) is 8.32. The lowest BCUT2D eigenvalue weighted by molar-refractivity contribution is 0.220. The summed E-state index contributed by atoms with van der Waals surface area (Å²) >= 11 is 0. The summed E-state index contributed by atoms with van der Waals surface area (Å²) in [5.74, 6) is 9.41. The first kappa shape index (κ1) is 9.54. The highest BCUT2D eigenvalue weighted by molar-refractivity contribution is 5.40. The Morgan fingerprint density at radius 3 is 0.900 bits per heavy atom. The van der Waals surface area contributed by atoms with Crippen LogP contribution in [0, 0.1) is 71.0 Å². The third-order valence-corrected chi connectivity index (χ3v) is 9.06. The van der Waals surface area contributed by atoms with Crippen molar-refractivity contribution in [2.24, 2.45) is 81.2 Å². The second kappa shape index (κ2) is 2.44. The van der Waals surface area contributed by atoms with Gasteiger partial charge in [-0.05, 0) is 82.1 Å². The monoisotopic (exact) mass is 266 g/mol. The van der Waals surface area contributed by atoms with E-state index in [1.807, 2.05) is 0 Å². The van der Waals surface area contributed by atoms with Gasteiger partial charge in [-0.1, -0.05) is 10.2 Å². The topological polar surface area (TPSA) is 97.5 Å². The van der Waals surface area contributed by atoms with Gasteiger partial charge in [0.1, 0.15) is 0 Å². The molecule has 0 unspecified atom stereocenters. The molecule has 4 bridgehead atoms. The van der Waals surface area contributed by atoms with Crippen molar-refractivity contribution < 1.29 is 0 Å². The first-order valence-corrected chi connectivity index (χ1v) is 7.98. The molecular weight excluding hydrogens is 252 g/mol. The number of azide groups is 2. The van der Waals surface area contributed by atoms with Gasteiger partial charge < -0.3 is 0 Å². The van der Waals surface area contributed by atoms with Crippen LogP contribution in [0.3, 0.4) is 0 Å². The number of hydrogen-bond acceptors (Lipinski definition) is 2. The van der Waals surface area contributed by atoms with Crippen LogP contribution in [-0.4, -0.2) is 12.1 Å². The van der Waals surface area contributed by atoms with Crippen LogP contribution >= 0.6 is 0 Å². The predicted molar refractivity (Wildman–Crippen MR) is 67.7 cm³/mol. The summed E-state index contributed by atoms with van der Waals surface area (Å²) in [5, 5.41) is 8.47. The molecule has 0 aromatic heterocycles. The third-order valence-electron chi connectivity index (χ3n) is 9.06. The van der Waals surface area contributed by atoms with Crippen molar-refractivity contribution in [1.82, 2.24) is 0 Å². The molecule has 0 aromatic carbocycles. The van der Waals surface area contributed by atoms with Gasteiger partial charge >= 0.3 is 0 Å². The van der Waals surface area contributed by atoms with Crippen molar-refractivity contribution in [2.45, 2.75) is 12.1 Å². The van der Waals surface area contributed by atoms with E-state index in [1.54, 1.807) is 0 Å². The lowest BCUT2D eigenvalue weighted by Crippen LogP contribution is -2.21. The minimum Gasteiger partial charge on any atom is -0.0900 e. The molecule has 0 heterocycles. The first-order valence-electron chi connectivity index (χ1n) is 7.98. The summed E-state index contributed by atoms with van der Waals surface area (Å²) in [6.07, 6.45) is 0. The third kappa shape index (κ3) is 0.566. The molecule has 0 spiro atoms. The Labute approximate surface area is 115 Å². The summed E-state index contributed by atoms with van der Waals surface area (Å²) in [6.45, 7) is 0. The fourth-order valence-electron chi connectivity index (χ4n) is 9.95. The van der Waals surface area contributed by atoms with Gasteiger partial charge in [0.15, 0.2) is 0 Å². The maximum absolute atomic E-state index is 8.91. The minimum absolute atomic E-state index is 0.322. The molecule has 8 rings (SSSR count). The lowest BCUT2D eigenvalue weighted by Gasteiger charge is -2.24. The van der Waals surface area contributed by atoms with E-state index < -0.39 is 0 Å². The van der Waals surface area contributed by atoms with Crippen LogP contribution in [-0.2, 0) is 0 Å². The molecule has 8 fully saturated rings. The maximum atomic E-state index is 8.91. The van der Waals surface area contributed by atoms with E-state index in [0.717, 1.165) is 47.3 Å². The minimum atomic E-state index is 0.322. The van der Waals surface area contributed by atoms with Crippen LogP contribution in [0.1, 0.15) is 0 Å². The molecule has 6 nitrogen and oxygen atoms in total. The van der Waals surface area contributed by atoms with Crippen LogP contribution in [0.25, 0.3) is 20.9 Å². The summed E-state index contributed by atoms with van der Waals surface area (Å²) in [7, 11) is 0. The molecule has 8 aliphatic rings. The molecular formula is C14H14N6. The van der Waals surface area contributed by atoms with E-state index in [4.69, 9.17) is 11.1 Å². The smallest absolute Gasteiger partial charge is 0.0441 e. The first-order chi connectivity index (χ1) is 9.90. The van der Waals surface area contributed by atoms with Crippen LogP contribution in [0.4, 0.5) is 0 Å². The normalized spacial score (nSPS) is 77.0. The van der Waals surface area contributed by atoms with Gasteiger partial charge in [0.05, 0.1) is 0 Å². The predicted octanol–water partition coefficient (Wildman–Crippen LogP) is 2.83. The van der Waals surface area contributed by atoms with Crippen molar-refractivity contribution >= 4 is 0 Å². The van der Waals surface area contributed by atoms with Crippen molar-refractivity contribution in [3.8, 4) is 0 Å². The van der Waals surface area contributed by atoms with Gasteiger partial charge in [-0.3, -0.25) is 0 Å². The Morgan fingerprint density at radius 1 is 0.450 bits per heavy atom. The highest BCUT2D eigenvalue weighted by Gasteiger charge is 2.92. The summed E-state index contributed by atoms with van der Waals surface area (Å²) in [5.41, 5.74) is 17.8. The fourth-order valence-corrected chi connectivity index (χ4v) is 9.95. The van der Waals surface area contributed by atoms with E-state index in [2.05, 4.69) is 20.1 Å². The number of rotatable bonds is 2. The molecule has 0 aromatic rings. The van der Waals surface area contributed by atoms with Gasteiger partial charge in [0.2, 0.25) is 0 Å². The molecule has 0 N–H and O–H groups in total. The Kier molecular flexibility index (Phi) is 1.17. The van der Waals surface area contributed by atoms with Crippen molar-refractivity contribution in [3.05, 3.63) is 20.9 Å². The number of nitrogens with zero attached hydrogens (tertiary/aromatic N) is 6. The molecule has 20 heavy (non-hydrogen) atoms. The van der Waals surface area contributed by atoms with Crippen molar-refractivity contribution in [1.29, 1.82) is 0 Å². The lowest BCUT2D eigenvalue weighted by atomic mass is 9.80. The standard InChI is InChI=1S/C14H14N6/c15-19-17-13-9-1-2-4-6(9)8-7-5(3(1)11(8)13)10(2)14(12(4)7)18-20-16/h1-14H. The summed E-state index contributed by atoms with van der Waals surface area (Å²) in [6, 6.07) is 0.644. The highest BCUT2D eigenvalue weighted by Crippen LogP contribution is 2.93. The summed E-state index contributed by atoms with van der Waals surface area (Å²) in [4.78, 5) is 6.33. The average Bonchev–Trinajstić information content (AvgIpc) is 3.13. The van der Waals surface area contributed by atoms with Gasteiger partial charge in [-0.25, -0.2) is 0 Å². The van der Waals surface area contributed by atoms with Gasteiger partial charge in [0, 0.05) is 21.9 Å². The SMILES string of the molecule is [N-]=[N+]=NC1C2C3C4C1C1C2C2C5C(N=[N+]=[N-])C(C32)C4C51. The molecule has 0 aliphatic heterocycles. The van der Waals surface area contributed by atoms with Crippen LogP contribution in [0.2, 0.25) is 0 Å². The molecule has 8 aliphatic carbocycles. The Balaban J connectivity index is 1.50. The zero-order valence-electron chi connectivity index (χ0n) is 10.8. The zero-order chi connectivity index (χ0) is 12.9. The van der Waals surface area contributed by atoms with E-state index in [0.29, 0.717) is 35.8 Å². The molecule has 6 heteroatoms. The number of hydrogen-bond donors (Lipinski definition) is 0. The largest absolute Gasteiger partial charge is 0.0900 e. The molecule has 100 valence electrons. The Morgan fingerprint density at radius 2 is 0.700 bits per heavy atom. The summed E-state index contributed by atoms with van der Waals surface area (Å²) < 4.78 is 0. The second-order valence-electron chi connectivity index (χ2n) is 8.32. The molecule has 0 atom stereocenters. The zero-order valence-corrected chi connectivity index (χ0v) is 10.8. The van der Waals surface area contributed by atoms with Crippen LogP contribution in [0.15, 0.2) is 10.2 Å². The van der Waals surface area contributed by atoms with Gasteiger partial charge in [-0.2, -0.15) is 0 Å². The van der Waals surface area contributed by atoms with E-state index >= 15 is 0 Å². The average molecular weight is 266 g/mol. The maximum Gasteiger partial charge on any atom is 0.0441 e. The fraction of sp³-hybridized carbons (Fsp3) is 1.00. The van der Waals surface area contributed by atoms with Gasteiger partial charge in [0.25, 0.3) is 0 Å².